The minimum atomic E-state index is -3.73. The zero-order chi connectivity index (χ0) is 16.6. The van der Waals surface area contributed by atoms with E-state index in [1.807, 2.05) is 25.1 Å². The number of carbonyl (C=O) groups is 1. The highest BCUT2D eigenvalue weighted by Gasteiger charge is 2.37. The zero-order valence-corrected chi connectivity index (χ0v) is 13.7. The Morgan fingerprint density at radius 3 is 2.57 bits per heavy atom. The number of sulfonamides is 1. The van der Waals surface area contributed by atoms with Crippen molar-refractivity contribution in [2.24, 2.45) is 5.92 Å². The highest BCUT2D eigenvalue weighted by Crippen LogP contribution is 2.31. The molecular weight excluding hydrogens is 314 g/mol. The van der Waals surface area contributed by atoms with Crippen LogP contribution in [0.5, 0.6) is 0 Å². The Kier molecular flexibility index (Phi) is 4.12. The summed E-state index contributed by atoms with van der Waals surface area (Å²) in [6.45, 7) is 1.86. The van der Waals surface area contributed by atoms with E-state index in [0.29, 0.717) is 18.2 Å². The van der Waals surface area contributed by atoms with E-state index in [9.17, 15) is 18.3 Å². The van der Waals surface area contributed by atoms with Crippen LogP contribution in [0.4, 0.5) is 0 Å². The molecule has 1 fully saturated rings. The first kappa shape index (κ1) is 16.0. The van der Waals surface area contributed by atoms with Crippen molar-refractivity contribution in [3.8, 4) is 0 Å². The van der Waals surface area contributed by atoms with Gasteiger partial charge in [0.2, 0.25) is 10.0 Å². The van der Waals surface area contributed by atoms with Crippen LogP contribution >= 0.6 is 0 Å². The van der Waals surface area contributed by atoms with Crippen molar-refractivity contribution in [3.05, 3.63) is 42.5 Å². The molecule has 122 valence electrons. The fourth-order valence-corrected chi connectivity index (χ4v) is 5.08. The highest BCUT2D eigenvalue weighted by atomic mass is 32.2. The van der Waals surface area contributed by atoms with Crippen molar-refractivity contribution in [1.82, 2.24) is 4.31 Å². The fourth-order valence-electron chi connectivity index (χ4n) is 3.16. The number of hydrogen-bond donors (Lipinski definition) is 1. The van der Waals surface area contributed by atoms with Gasteiger partial charge in [0, 0.05) is 18.0 Å². The Hall–Kier alpha value is -1.92. The number of benzene rings is 2. The molecule has 0 aromatic heterocycles. The molecule has 1 heterocycles. The van der Waals surface area contributed by atoms with Gasteiger partial charge in [-0.15, -0.1) is 0 Å². The second-order valence-electron chi connectivity index (χ2n) is 6.01. The van der Waals surface area contributed by atoms with Gasteiger partial charge in [0.1, 0.15) is 0 Å². The molecule has 0 bridgehead atoms. The lowest BCUT2D eigenvalue weighted by Gasteiger charge is -2.35. The first-order valence-electron chi connectivity index (χ1n) is 7.63. The van der Waals surface area contributed by atoms with Gasteiger partial charge >= 0.3 is 5.97 Å². The van der Waals surface area contributed by atoms with Gasteiger partial charge in [0.05, 0.1) is 10.8 Å². The van der Waals surface area contributed by atoms with Crippen LogP contribution in [-0.2, 0) is 14.8 Å². The van der Waals surface area contributed by atoms with E-state index in [0.717, 1.165) is 5.39 Å². The minimum Gasteiger partial charge on any atom is -0.481 e. The molecule has 23 heavy (non-hydrogen) atoms. The fraction of sp³-hybridized carbons (Fsp3) is 0.353. The molecule has 3 rings (SSSR count). The van der Waals surface area contributed by atoms with Crippen LogP contribution in [-0.4, -0.2) is 36.4 Å². The van der Waals surface area contributed by atoms with Crippen LogP contribution in [0.1, 0.15) is 19.8 Å². The lowest BCUT2D eigenvalue weighted by atomic mass is 9.96. The van der Waals surface area contributed by atoms with Crippen molar-refractivity contribution in [1.29, 1.82) is 0 Å². The van der Waals surface area contributed by atoms with Crippen LogP contribution in [0.15, 0.2) is 47.4 Å². The second-order valence-corrected chi connectivity index (χ2v) is 7.87. The molecule has 5 nitrogen and oxygen atoms in total. The smallest absolute Gasteiger partial charge is 0.307 e. The Bertz CT molecular complexity index is 841. The molecule has 6 heteroatoms. The van der Waals surface area contributed by atoms with Gasteiger partial charge in [-0.3, -0.25) is 4.79 Å². The summed E-state index contributed by atoms with van der Waals surface area (Å²) < 4.78 is 27.6. The van der Waals surface area contributed by atoms with Crippen LogP contribution in [0.2, 0.25) is 0 Å². The predicted molar refractivity (Wildman–Crippen MR) is 87.7 cm³/mol. The van der Waals surface area contributed by atoms with E-state index in [1.165, 1.54) is 4.31 Å². The molecule has 1 aliphatic rings. The molecule has 2 atom stereocenters. The zero-order valence-electron chi connectivity index (χ0n) is 12.8. The number of carboxylic acid groups (broad SMARTS) is 1. The Morgan fingerprint density at radius 2 is 1.83 bits per heavy atom. The molecule has 1 N–H and O–H groups in total. The number of fused-ring (bicyclic) bond motifs is 1. The summed E-state index contributed by atoms with van der Waals surface area (Å²) >= 11 is 0. The monoisotopic (exact) mass is 333 g/mol. The summed E-state index contributed by atoms with van der Waals surface area (Å²) in [6, 6.07) is 12.3. The number of nitrogens with zero attached hydrogens (tertiary/aromatic N) is 1. The van der Waals surface area contributed by atoms with Crippen molar-refractivity contribution in [2.75, 3.05) is 6.54 Å². The summed E-state index contributed by atoms with van der Waals surface area (Å²) in [5, 5.41) is 10.7. The summed E-state index contributed by atoms with van der Waals surface area (Å²) in [5.74, 6) is -1.58. The molecule has 2 aromatic carbocycles. The van der Waals surface area contributed by atoms with Gasteiger partial charge < -0.3 is 5.11 Å². The third-order valence-corrected chi connectivity index (χ3v) is 6.55. The maximum atomic E-state index is 13.1. The van der Waals surface area contributed by atoms with Gasteiger partial charge in [0.15, 0.2) is 0 Å². The van der Waals surface area contributed by atoms with Crippen LogP contribution < -0.4 is 0 Å². The number of carboxylic acids is 1. The van der Waals surface area contributed by atoms with Crippen LogP contribution in [0.25, 0.3) is 10.8 Å². The molecule has 1 aliphatic heterocycles. The number of aliphatic carboxylic acids is 1. The lowest BCUT2D eigenvalue weighted by Crippen LogP contribution is -2.47. The van der Waals surface area contributed by atoms with Crippen molar-refractivity contribution < 1.29 is 18.3 Å². The van der Waals surface area contributed by atoms with Crippen molar-refractivity contribution >= 4 is 26.8 Å². The molecule has 0 aliphatic carbocycles. The summed E-state index contributed by atoms with van der Waals surface area (Å²) in [4.78, 5) is 11.5. The molecule has 2 aromatic rings. The van der Waals surface area contributed by atoms with Gasteiger partial charge in [-0.1, -0.05) is 36.4 Å². The number of rotatable bonds is 3. The summed E-state index contributed by atoms with van der Waals surface area (Å²) in [6.07, 6.45) is 1.07. The first-order valence-corrected chi connectivity index (χ1v) is 9.07. The number of hydrogen-bond acceptors (Lipinski definition) is 3. The van der Waals surface area contributed by atoms with E-state index in [1.54, 1.807) is 24.3 Å². The van der Waals surface area contributed by atoms with E-state index in [2.05, 4.69) is 0 Å². The normalized spacial score (nSPS) is 23.0. The van der Waals surface area contributed by atoms with Crippen LogP contribution in [0, 0.1) is 5.92 Å². The molecule has 0 amide bonds. The molecule has 0 saturated carbocycles. The maximum Gasteiger partial charge on any atom is 0.307 e. The van der Waals surface area contributed by atoms with Gasteiger partial charge in [-0.25, -0.2) is 8.42 Å². The average Bonchev–Trinajstić information content (AvgIpc) is 2.54. The molecule has 1 saturated heterocycles. The molecule has 0 radical (unpaired) electrons. The standard InChI is InChI=1S/C17H19NO4S/c1-12-9-10-14(17(19)20)11-18(12)23(21,22)16-8-4-6-13-5-2-3-7-15(13)16/h2-8,12,14H,9-11H2,1H3,(H,19,20). The van der Waals surface area contributed by atoms with Gasteiger partial charge in [0.25, 0.3) is 0 Å². The van der Waals surface area contributed by atoms with Gasteiger partial charge in [-0.05, 0) is 31.2 Å². The van der Waals surface area contributed by atoms with Crippen molar-refractivity contribution in [3.63, 3.8) is 0 Å². The molecular formula is C17H19NO4S. The first-order chi connectivity index (χ1) is 10.9. The van der Waals surface area contributed by atoms with Crippen molar-refractivity contribution in [2.45, 2.75) is 30.7 Å². The second kappa shape index (κ2) is 5.94. The summed E-state index contributed by atoms with van der Waals surface area (Å²) in [7, 11) is -3.73. The predicted octanol–water partition coefficient (Wildman–Crippen LogP) is 2.71. The molecule has 2 unspecified atom stereocenters. The molecule has 0 spiro atoms. The maximum absolute atomic E-state index is 13.1. The average molecular weight is 333 g/mol. The topological polar surface area (TPSA) is 74.7 Å². The Labute approximate surface area is 135 Å². The van der Waals surface area contributed by atoms with Gasteiger partial charge in [-0.2, -0.15) is 4.31 Å². The largest absolute Gasteiger partial charge is 0.481 e. The summed E-state index contributed by atoms with van der Waals surface area (Å²) in [5.41, 5.74) is 0. The number of piperidine rings is 1. The third kappa shape index (κ3) is 2.84. The minimum absolute atomic E-state index is 0.0298. The van der Waals surface area contributed by atoms with E-state index >= 15 is 0 Å². The van der Waals surface area contributed by atoms with E-state index in [-0.39, 0.29) is 17.5 Å². The Balaban J connectivity index is 2.07. The SMILES string of the molecule is CC1CCC(C(=O)O)CN1S(=O)(=O)c1cccc2ccccc12. The lowest BCUT2D eigenvalue weighted by molar-refractivity contribution is -0.143. The highest BCUT2D eigenvalue weighted by molar-refractivity contribution is 7.89. The van der Waals surface area contributed by atoms with E-state index < -0.39 is 21.9 Å². The quantitative estimate of drug-likeness (QED) is 0.937. The van der Waals surface area contributed by atoms with Crippen LogP contribution in [0.3, 0.4) is 0 Å². The third-order valence-electron chi connectivity index (χ3n) is 4.51. The van der Waals surface area contributed by atoms with E-state index in [4.69, 9.17) is 0 Å². The Morgan fingerprint density at radius 1 is 1.13 bits per heavy atom.